The third-order valence-corrected chi connectivity index (χ3v) is 4.67. The summed E-state index contributed by atoms with van der Waals surface area (Å²) in [6, 6.07) is 5.88. The highest BCUT2D eigenvalue weighted by atomic mass is 127. The Morgan fingerprint density at radius 1 is 1.47 bits per heavy atom. The normalized spacial score (nSPS) is 18.5. The summed E-state index contributed by atoms with van der Waals surface area (Å²) >= 11 is 5.70. The highest BCUT2D eigenvalue weighted by Gasteiger charge is 2.36. The van der Waals surface area contributed by atoms with Gasteiger partial charge in [0.2, 0.25) is 0 Å². The van der Waals surface area contributed by atoms with Gasteiger partial charge in [-0.1, -0.05) is 0 Å². The van der Waals surface area contributed by atoms with E-state index in [4.69, 9.17) is 0 Å². The minimum atomic E-state index is -0.0161. The number of benzene rings is 1. The Bertz CT molecular complexity index is 459. The SMILES string of the molecule is CC1(C)CCCN1C(=O)c1cc(I)ccc1Br. The smallest absolute Gasteiger partial charge is 0.255 e. The summed E-state index contributed by atoms with van der Waals surface area (Å²) in [5.74, 6) is 0.137. The van der Waals surface area contributed by atoms with Crippen molar-refractivity contribution in [1.82, 2.24) is 4.90 Å². The van der Waals surface area contributed by atoms with Gasteiger partial charge < -0.3 is 4.90 Å². The molecule has 1 saturated heterocycles. The molecule has 0 unspecified atom stereocenters. The van der Waals surface area contributed by atoms with Crippen LogP contribution in [0.5, 0.6) is 0 Å². The van der Waals surface area contributed by atoms with Gasteiger partial charge >= 0.3 is 0 Å². The summed E-state index contributed by atoms with van der Waals surface area (Å²) in [7, 11) is 0. The van der Waals surface area contributed by atoms with Crippen molar-refractivity contribution in [3.8, 4) is 0 Å². The summed E-state index contributed by atoms with van der Waals surface area (Å²) in [6.45, 7) is 5.14. The first-order valence-electron chi connectivity index (χ1n) is 5.69. The van der Waals surface area contributed by atoms with E-state index >= 15 is 0 Å². The molecule has 1 amide bonds. The van der Waals surface area contributed by atoms with Crippen molar-refractivity contribution in [3.63, 3.8) is 0 Å². The monoisotopic (exact) mass is 407 g/mol. The van der Waals surface area contributed by atoms with E-state index in [-0.39, 0.29) is 11.4 Å². The zero-order valence-electron chi connectivity index (χ0n) is 9.96. The highest BCUT2D eigenvalue weighted by Crippen LogP contribution is 2.31. The Balaban J connectivity index is 2.34. The van der Waals surface area contributed by atoms with Crippen molar-refractivity contribution in [2.24, 2.45) is 0 Å². The summed E-state index contributed by atoms with van der Waals surface area (Å²) in [6.07, 6.45) is 2.18. The van der Waals surface area contributed by atoms with Crippen LogP contribution in [0.4, 0.5) is 0 Å². The van der Waals surface area contributed by atoms with Crippen LogP contribution in [0, 0.1) is 3.57 Å². The fraction of sp³-hybridized carbons (Fsp3) is 0.462. The zero-order valence-corrected chi connectivity index (χ0v) is 13.7. The molecular weight excluding hydrogens is 393 g/mol. The molecular formula is C13H15BrINO. The van der Waals surface area contributed by atoms with Crippen LogP contribution in [0.25, 0.3) is 0 Å². The first kappa shape index (κ1) is 13.3. The molecule has 1 heterocycles. The van der Waals surface area contributed by atoms with Gasteiger partial charge in [-0.15, -0.1) is 0 Å². The number of hydrogen-bond donors (Lipinski definition) is 0. The minimum absolute atomic E-state index is 0.0161. The number of nitrogens with zero attached hydrogens (tertiary/aromatic N) is 1. The second-order valence-corrected chi connectivity index (χ2v) is 7.10. The quantitative estimate of drug-likeness (QED) is 0.642. The van der Waals surface area contributed by atoms with E-state index in [1.165, 1.54) is 0 Å². The molecule has 92 valence electrons. The molecule has 4 heteroatoms. The lowest BCUT2D eigenvalue weighted by atomic mass is 10.0. The molecule has 0 aromatic heterocycles. The van der Waals surface area contributed by atoms with Crippen LogP contribution >= 0.6 is 38.5 Å². The molecule has 2 nitrogen and oxygen atoms in total. The number of amides is 1. The van der Waals surface area contributed by atoms with Gasteiger partial charge in [0.15, 0.2) is 0 Å². The van der Waals surface area contributed by atoms with Crippen molar-refractivity contribution in [1.29, 1.82) is 0 Å². The fourth-order valence-electron chi connectivity index (χ4n) is 2.29. The third-order valence-electron chi connectivity index (χ3n) is 3.30. The Kier molecular flexibility index (Phi) is 3.83. The molecule has 0 radical (unpaired) electrons. The second kappa shape index (κ2) is 4.88. The van der Waals surface area contributed by atoms with Crippen LogP contribution in [-0.4, -0.2) is 22.9 Å². The molecule has 1 fully saturated rings. The van der Waals surface area contributed by atoms with Crippen molar-refractivity contribution in [2.75, 3.05) is 6.54 Å². The molecule has 1 aromatic carbocycles. The van der Waals surface area contributed by atoms with Gasteiger partial charge in [0.25, 0.3) is 5.91 Å². The number of rotatable bonds is 1. The summed E-state index contributed by atoms with van der Waals surface area (Å²) in [5, 5.41) is 0. The maximum absolute atomic E-state index is 12.5. The number of hydrogen-bond acceptors (Lipinski definition) is 1. The van der Waals surface area contributed by atoms with E-state index in [2.05, 4.69) is 52.4 Å². The molecule has 2 rings (SSSR count). The lowest BCUT2D eigenvalue weighted by molar-refractivity contribution is 0.0651. The van der Waals surface area contributed by atoms with Crippen LogP contribution in [-0.2, 0) is 0 Å². The van der Waals surface area contributed by atoms with E-state index in [0.29, 0.717) is 0 Å². The number of carbonyl (C=O) groups is 1. The Morgan fingerprint density at radius 3 is 2.76 bits per heavy atom. The average Bonchev–Trinajstić information content (AvgIpc) is 2.61. The molecule has 1 aliphatic rings. The largest absolute Gasteiger partial charge is 0.333 e. The van der Waals surface area contributed by atoms with Crippen LogP contribution in [0.1, 0.15) is 37.0 Å². The maximum atomic E-state index is 12.5. The first-order valence-corrected chi connectivity index (χ1v) is 7.56. The van der Waals surface area contributed by atoms with Gasteiger partial charge in [0.1, 0.15) is 0 Å². The van der Waals surface area contributed by atoms with Gasteiger partial charge in [-0.05, 0) is 83.4 Å². The predicted octanol–water partition coefficient (Wildman–Crippen LogP) is 4.07. The second-order valence-electron chi connectivity index (χ2n) is 5.00. The van der Waals surface area contributed by atoms with Crippen molar-refractivity contribution in [3.05, 3.63) is 31.8 Å². The van der Waals surface area contributed by atoms with Crippen LogP contribution in [0.2, 0.25) is 0 Å². The van der Waals surface area contributed by atoms with E-state index in [9.17, 15) is 4.79 Å². The molecule has 1 aromatic rings. The van der Waals surface area contributed by atoms with Crippen LogP contribution in [0.15, 0.2) is 22.7 Å². The molecule has 0 N–H and O–H groups in total. The summed E-state index contributed by atoms with van der Waals surface area (Å²) in [5.41, 5.74) is 0.754. The highest BCUT2D eigenvalue weighted by molar-refractivity contribution is 14.1. The lowest BCUT2D eigenvalue weighted by Gasteiger charge is -2.32. The Hall–Kier alpha value is -0.100. The molecule has 0 saturated carbocycles. The average molecular weight is 408 g/mol. The van der Waals surface area contributed by atoms with Crippen molar-refractivity contribution in [2.45, 2.75) is 32.2 Å². The van der Waals surface area contributed by atoms with Crippen molar-refractivity contribution >= 4 is 44.4 Å². The van der Waals surface area contributed by atoms with Gasteiger partial charge in [-0.2, -0.15) is 0 Å². The van der Waals surface area contributed by atoms with Gasteiger partial charge in [0, 0.05) is 20.1 Å². The minimum Gasteiger partial charge on any atom is -0.333 e. The summed E-state index contributed by atoms with van der Waals surface area (Å²) in [4.78, 5) is 14.5. The standard InChI is InChI=1S/C13H15BrINO/c1-13(2)6-3-7-16(13)12(17)10-8-9(15)4-5-11(10)14/h4-5,8H,3,6-7H2,1-2H3. The Labute approximate surface area is 124 Å². The topological polar surface area (TPSA) is 20.3 Å². The Morgan fingerprint density at radius 2 is 2.18 bits per heavy atom. The number of carbonyl (C=O) groups excluding carboxylic acids is 1. The molecule has 0 atom stereocenters. The molecule has 17 heavy (non-hydrogen) atoms. The van der Waals surface area contributed by atoms with E-state index in [1.807, 2.05) is 23.1 Å². The van der Waals surface area contributed by atoms with Crippen LogP contribution < -0.4 is 0 Å². The van der Waals surface area contributed by atoms with E-state index in [0.717, 1.165) is 33.0 Å². The maximum Gasteiger partial charge on any atom is 0.255 e. The van der Waals surface area contributed by atoms with Crippen molar-refractivity contribution < 1.29 is 4.79 Å². The summed E-state index contributed by atoms with van der Waals surface area (Å²) < 4.78 is 1.97. The molecule has 1 aliphatic heterocycles. The van der Waals surface area contributed by atoms with E-state index in [1.54, 1.807) is 0 Å². The number of halogens is 2. The fourth-order valence-corrected chi connectivity index (χ4v) is 3.20. The van der Waals surface area contributed by atoms with Gasteiger partial charge in [-0.25, -0.2) is 0 Å². The van der Waals surface area contributed by atoms with Gasteiger partial charge in [0.05, 0.1) is 5.56 Å². The lowest BCUT2D eigenvalue weighted by Crippen LogP contribution is -2.42. The van der Waals surface area contributed by atoms with E-state index < -0.39 is 0 Å². The van der Waals surface area contributed by atoms with Crippen LogP contribution in [0.3, 0.4) is 0 Å². The molecule has 0 aliphatic carbocycles. The molecule has 0 spiro atoms. The predicted molar refractivity (Wildman–Crippen MR) is 81.2 cm³/mol. The molecule has 0 bridgehead atoms. The first-order chi connectivity index (χ1) is 7.92. The third kappa shape index (κ3) is 2.67. The number of likely N-dealkylation sites (tertiary alicyclic amines) is 1. The van der Waals surface area contributed by atoms with Gasteiger partial charge in [-0.3, -0.25) is 4.79 Å². The zero-order chi connectivity index (χ0) is 12.6.